The third-order valence-corrected chi connectivity index (χ3v) is 3.06. The number of benzene rings is 2. The Balaban J connectivity index is 1.78. The van der Waals surface area contributed by atoms with E-state index in [-0.39, 0.29) is 0 Å². The lowest BCUT2D eigenvalue weighted by atomic mass is 9.99. The molecule has 0 fully saturated rings. The first-order chi connectivity index (χ1) is 8.43. The molecule has 0 aliphatic carbocycles. The van der Waals surface area contributed by atoms with Crippen LogP contribution in [0.4, 0.5) is 0 Å². The van der Waals surface area contributed by atoms with Crippen molar-refractivity contribution in [1.82, 2.24) is 5.43 Å². The number of rotatable bonds is 2. The van der Waals surface area contributed by atoms with E-state index >= 15 is 0 Å². The van der Waals surface area contributed by atoms with E-state index in [0.29, 0.717) is 6.04 Å². The molecule has 0 spiro atoms. The van der Waals surface area contributed by atoms with Crippen LogP contribution in [-0.4, -0.2) is 5.71 Å². The lowest BCUT2D eigenvalue weighted by Gasteiger charge is -2.09. The zero-order valence-corrected chi connectivity index (χ0v) is 9.51. The van der Waals surface area contributed by atoms with Crippen molar-refractivity contribution >= 4 is 5.71 Å². The van der Waals surface area contributed by atoms with Crippen molar-refractivity contribution in [2.45, 2.75) is 12.5 Å². The summed E-state index contributed by atoms with van der Waals surface area (Å²) < 4.78 is 0. The summed E-state index contributed by atoms with van der Waals surface area (Å²) in [5.74, 6) is 0. The van der Waals surface area contributed by atoms with Crippen molar-refractivity contribution in [2.24, 2.45) is 5.10 Å². The Morgan fingerprint density at radius 3 is 2.24 bits per heavy atom. The standard InChI is InChI=1S/C15H14N2/c1-3-7-12(8-4-1)14-11-15(17-16-14)13-9-5-2-6-10-13/h1-10,14,16H,11H2/t14-/m0/s1. The predicted molar refractivity (Wildman–Crippen MR) is 69.9 cm³/mol. The molecule has 2 aromatic rings. The highest BCUT2D eigenvalue weighted by molar-refractivity contribution is 6.01. The molecule has 0 aromatic heterocycles. The second-order valence-corrected chi connectivity index (χ2v) is 4.22. The highest BCUT2D eigenvalue weighted by atomic mass is 15.3. The normalized spacial score (nSPS) is 18.6. The Bertz CT molecular complexity index is 517. The summed E-state index contributed by atoms with van der Waals surface area (Å²) in [6, 6.07) is 21.1. The third kappa shape index (κ3) is 2.07. The summed E-state index contributed by atoms with van der Waals surface area (Å²) in [5.41, 5.74) is 6.85. The number of nitrogens with zero attached hydrogens (tertiary/aromatic N) is 1. The average molecular weight is 222 g/mol. The first-order valence-corrected chi connectivity index (χ1v) is 5.86. The van der Waals surface area contributed by atoms with Gasteiger partial charge in [0.1, 0.15) is 0 Å². The van der Waals surface area contributed by atoms with Gasteiger partial charge in [-0.15, -0.1) is 0 Å². The minimum atomic E-state index is 0.311. The van der Waals surface area contributed by atoms with Gasteiger partial charge in [-0.3, -0.25) is 0 Å². The van der Waals surface area contributed by atoms with Crippen molar-refractivity contribution in [3.05, 3.63) is 71.8 Å². The number of hydrazone groups is 1. The molecule has 1 aliphatic rings. The maximum absolute atomic E-state index is 4.43. The van der Waals surface area contributed by atoms with E-state index in [9.17, 15) is 0 Å². The van der Waals surface area contributed by atoms with Gasteiger partial charge in [-0.2, -0.15) is 5.10 Å². The largest absolute Gasteiger partial charge is 0.302 e. The van der Waals surface area contributed by atoms with Crippen LogP contribution in [0.2, 0.25) is 0 Å². The summed E-state index contributed by atoms with van der Waals surface area (Å²) in [6.45, 7) is 0. The van der Waals surface area contributed by atoms with Gasteiger partial charge in [-0.1, -0.05) is 60.7 Å². The van der Waals surface area contributed by atoms with Crippen molar-refractivity contribution in [2.75, 3.05) is 0 Å². The Labute approximate surface area is 101 Å². The maximum Gasteiger partial charge on any atom is 0.0745 e. The van der Waals surface area contributed by atoms with E-state index in [2.05, 4.69) is 46.9 Å². The Hall–Kier alpha value is -2.09. The van der Waals surface area contributed by atoms with Gasteiger partial charge in [0.15, 0.2) is 0 Å². The van der Waals surface area contributed by atoms with Gasteiger partial charge in [0.25, 0.3) is 0 Å². The van der Waals surface area contributed by atoms with Crippen molar-refractivity contribution < 1.29 is 0 Å². The molecule has 1 atom stereocenters. The molecule has 2 heteroatoms. The third-order valence-electron chi connectivity index (χ3n) is 3.06. The SMILES string of the molecule is c1ccc(C2=NN[C@H](c3ccccc3)C2)cc1. The number of hydrogen-bond donors (Lipinski definition) is 1. The van der Waals surface area contributed by atoms with E-state index < -0.39 is 0 Å². The Morgan fingerprint density at radius 2 is 1.53 bits per heavy atom. The molecule has 0 saturated carbocycles. The van der Waals surface area contributed by atoms with E-state index in [1.807, 2.05) is 24.3 Å². The summed E-state index contributed by atoms with van der Waals surface area (Å²) in [6.07, 6.45) is 0.952. The fraction of sp³-hybridized carbons (Fsp3) is 0.133. The first-order valence-electron chi connectivity index (χ1n) is 5.86. The topological polar surface area (TPSA) is 24.4 Å². The van der Waals surface area contributed by atoms with Gasteiger partial charge in [-0.05, 0) is 11.1 Å². The van der Waals surface area contributed by atoms with E-state index in [4.69, 9.17) is 0 Å². The van der Waals surface area contributed by atoms with Crippen LogP contribution >= 0.6 is 0 Å². The molecular weight excluding hydrogens is 208 g/mol. The predicted octanol–water partition coefficient (Wildman–Crippen LogP) is 3.13. The molecule has 17 heavy (non-hydrogen) atoms. The number of nitrogens with one attached hydrogen (secondary N) is 1. The molecule has 0 unspecified atom stereocenters. The first kappa shape index (κ1) is 10.1. The van der Waals surface area contributed by atoms with Gasteiger partial charge < -0.3 is 5.43 Å². The van der Waals surface area contributed by atoms with Gasteiger partial charge in [-0.25, -0.2) is 0 Å². The maximum atomic E-state index is 4.43. The summed E-state index contributed by atoms with van der Waals surface area (Å²) in [4.78, 5) is 0. The lowest BCUT2D eigenvalue weighted by molar-refractivity contribution is 0.620. The van der Waals surface area contributed by atoms with Crippen LogP contribution in [0, 0.1) is 0 Å². The van der Waals surface area contributed by atoms with Gasteiger partial charge in [0, 0.05) is 6.42 Å². The summed E-state index contributed by atoms with van der Waals surface area (Å²) >= 11 is 0. The van der Waals surface area contributed by atoms with Crippen molar-refractivity contribution in [3.63, 3.8) is 0 Å². The van der Waals surface area contributed by atoms with Crippen molar-refractivity contribution in [1.29, 1.82) is 0 Å². The minimum absolute atomic E-state index is 0.311. The minimum Gasteiger partial charge on any atom is -0.302 e. The highest BCUT2D eigenvalue weighted by Gasteiger charge is 2.20. The van der Waals surface area contributed by atoms with Gasteiger partial charge >= 0.3 is 0 Å². The van der Waals surface area contributed by atoms with E-state index in [1.165, 1.54) is 11.1 Å². The van der Waals surface area contributed by atoms with Gasteiger partial charge in [0.05, 0.1) is 11.8 Å². The molecule has 0 saturated heterocycles. The summed E-state index contributed by atoms with van der Waals surface area (Å²) in [5, 5.41) is 4.43. The van der Waals surface area contributed by atoms with Crippen LogP contribution in [0.25, 0.3) is 0 Å². The van der Waals surface area contributed by atoms with E-state index in [0.717, 1.165) is 12.1 Å². The summed E-state index contributed by atoms with van der Waals surface area (Å²) in [7, 11) is 0. The average Bonchev–Trinajstić information content (AvgIpc) is 2.90. The fourth-order valence-corrected chi connectivity index (χ4v) is 2.13. The lowest BCUT2D eigenvalue weighted by Crippen LogP contribution is -2.09. The molecule has 0 amide bonds. The van der Waals surface area contributed by atoms with E-state index in [1.54, 1.807) is 0 Å². The highest BCUT2D eigenvalue weighted by Crippen LogP contribution is 2.23. The molecule has 3 rings (SSSR count). The molecule has 0 bridgehead atoms. The number of hydrogen-bond acceptors (Lipinski definition) is 2. The van der Waals surface area contributed by atoms with Gasteiger partial charge in [0.2, 0.25) is 0 Å². The second kappa shape index (κ2) is 4.42. The van der Waals surface area contributed by atoms with Crippen molar-refractivity contribution in [3.8, 4) is 0 Å². The zero-order valence-electron chi connectivity index (χ0n) is 9.51. The molecule has 2 aromatic carbocycles. The molecule has 0 radical (unpaired) electrons. The molecular formula is C15H14N2. The molecule has 1 aliphatic heterocycles. The Morgan fingerprint density at radius 1 is 0.882 bits per heavy atom. The van der Waals surface area contributed by atoms with Crippen LogP contribution in [0.3, 0.4) is 0 Å². The Kier molecular flexibility index (Phi) is 2.62. The van der Waals surface area contributed by atoms with Crippen LogP contribution in [0.5, 0.6) is 0 Å². The molecule has 1 N–H and O–H groups in total. The van der Waals surface area contributed by atoms with Crippen LogP contribution < -0.4 is 5.43 Å². The zero-order chi connectivity index (χ0) is 11.5. The van der Waals surface area contributed by atoms with Crippen LogP contribution in [-0.2, 0) is 0 Å². The van der Waals surface area contributed by atoms with Crippen LogP contribution in [0.1, 0.15) is 23.6 Å². The fourth-order valence-electron chi connectivity index (χ4n) is 2.13. The monoisotopic (exact) mass is 222 g/mol. The quantitative estimate of drug-likeness (QED) is 0.829. The molecule has 2 nitrogen and oxygen atoms in total. The smallest absolute Gasteiger partial charge is 0.0745 e. The van der Waals surface area contributed by atoms with Crippen LogP contribution in [0.15, 0.2) is 65.8 Å². The molecule has 84 valence electrons. The molecule has 1 heterocycles. The second-order valence-electron chi connectivity index (χ2n) is 4.22.